The minimum Gasteiger partial charge on any atom is -0.377 e. The maximum atomic E-state index is 5.88. The second-order valence-corrected chi connectivity index (χ2v) is 4.47. The predicted octanol–water partition coefficient (Wildman–Crippen LogP) is 2.81. The second-order valence-electron chi connectivity index (χ2n) is 4.47. The van der Waals surface area contributed by atoms with Crippen molar-refractivity contribution in [1.29, 1.82) is 0 Å². The molecule has 18 heavy (non-hydrogen) atoms. The summed E-state index contributed by atoms with van der Waals surface area (Å²) in [4.78, 5) is 4.41. The molecule has 0 bridgehead atoms. The summed E-state index contributed by atoms with van der Waals surface area (Å²) in [5, 5.41) is 3.54. The topological polar surface area (TPSA) is 34.1 Å². The summed E-state index contributed by atoms with van der Waals surface area (Å²) in [5.74, 6) is 0. The van der Waals surface area contributed by atoms with Crippen molar-refractivity contribution in [2.24, 2.45) is 0 Å². The highest BCUT2D eigenvalue weighted by Gasteiger charge is 2.21. The fourth-order valence-electron chi connectivity index (χ4n) is 2.24. The maximum absolute atomic E-state index is 5.88. The highest BCUT2D eigenvalue weighted by atomic mass is 16.5. The van der Waals surface area contributed by atoms with Crippen molar-refractivity contribution < 1.29 is 4.74 Å². The highest BCUT2D eigenvalue weighted by Crippen LogP contribution is 2.12. The normalized spacial score (nSPS) is 14.4. The van der Waals surface area contributed by atoms with Crippen LogP contribution in [0, 0.1) is 0 Å². The van der Waals surface area contributed by atoms with Crippen molar-refractivity contribution in [3.05, 3.63) is 30.1 Å². The molecule has 1 N–H and O–H groups in total. The number of hydrogen-bond donors (Lipinski definition) is 1. The van der Waals surface area contributed by atoms with Crippen molar-refractivity contribution >= 4 is 0 Å². The Labute approximate surface area is 111 Å². The maximum Gasteiger partial charge on any atom is 0.0731 e. The van der Waals surface area contributed by atoms with Crippen LogP contribution in [-0.4, -0.2) is 30.3 Å². The molecule has 0 saturated carbocycles. The van der Waals surface area contributed by atoms with Crippen molar-refractivity contribution in [2.75, 3.05) is 13.2 Å². The van der Waals surface area contributed by atoms with Gasteiger partial charge >= 0.3 is 0 Å². The Morgan fingerprint density at radius 2 is 2.11 bits per heavy atom. The lowest BCUT2D eigenvalue weighted by Crippen LogP contribution is -2.43. The van der Waals surface area contributed by atoms with Crippen molar-refractivity contribution in [3.63, 3.8) is 0 Å². The quantitative estimate of drug-likeness (QED) is 0.732. The first-order valence-electron chi connectivity index (χ1n) is 7.06. The molecule has 1 aromatic heterocycles. The Kier molecular flexibility index (Phi) is 7.62. The van der Waals surface area contributed by atoms with Gasteiger partial charge in [-0.1, -0.05) is 26.3 Å². The third-order valence-corrected chi connectivity index (χ3v) is 3.02. The molecule has 0 aromatic carbocycles. The molecule has 1 heterocycles. The van der Waals surface area contributed by atoms with Crippen LogP contribution in [0.25, 0.3) is 0 Å². The predicted molar refractivity (Wildman–Crippen MR) is 75.7 cm³/mol. The molecule has 0 spiro atoms. The van der Waals surface area contributed by atoms with Crippen molar-refractivity contribution in [2.45, 2.75) is 52.2 Å². The van der Waals surface area contributed by atoms with E-state index in [0.29, 0.717) is 6.04 Å². The molecule has 1 aromatic rings. The first-order chi connectivity index (χ1) is 8.81. The molecule has 2 atom stereocenters. The molecule has 0 aliphatic carbocycles. The first-order valence-corrected chi connectivity index (χ1v) is 7.06. The summed E-state index contributed by atoms with van der Waals surface area (Å²) < 4.78 is 5.88. The average Bonchev–Trinajstić information content (AvgIpc) is 2.39. The Morgan fingerprint density at radius 3 is 2.67 bits per heavy atom. The summed E-state index contributed by atoms with van der Waals surface area (Å²) in [6.07, 6.45) is 5.31. The molecule has 0 amide bonds. The van der Waals surface area contributed by atoms with Crippen LogP contribution >= 0.6 is 0 Å². The van der Waals surface area contributed by atoms with Gasteiger partial charge in [-0.15, -0.1) is 0 Å². The van der Waals surface area contributed by atoms with Crippen LogP contribution in [0.4, 0.5) is 0 Å². The number of ether oxygens (including phenoxy) is 1. The van der Waals surface area contributed by atoms with E-state index < -0.39 is 0 Å². The van der Waals surface area contributed by atoms with Gasteiger partial charge in [-0.3, -0.25) is 4.98 Å². The van der Waals surface area contributed by atoms with Gasteiger partial charge in [0.2, 0.25) is 0 Å². The Hall–Kier alpha value is -0.930. The highest BCUT2D eigenvalue weighted by molar-refractivity contribution is 5.06. The van der Waals surface area contributed by atoms with E-state index in [2.05, 4.69) is 37.1 Å². The van der Waals surface area contributed by atoms with Crippen LogP contribution in [0.1, 0.15) is 39.3 Å². The van der Waals surface area contributed by atoms with Crippen LogP contribution in [0.5, 0.6) is 0 Å². The standard InChI is InChI=1S/C15H26N2O/c1-4-9-15(18-6-3)14(16-5-2)12-13-10-7-8-11-17-13/h7-8,10-11,14-16H,4-6,9,12H2,1-3H3. The average molecular weight is 250 g/mol. The third kappa shape index (κ3) is 5.15. The van der Waals surface area contributed by atoms with Crippen molar-refractivity contribution in [1.82, 2.24) is 10.3 Å². The molecule has 1 rings (SSSR count). The molecule has 3 nitrogen and oxygen atoms in total. The SMILES string of the molecule is CCCC(OCC)C(Cc1ccccn1)NCC. The molecule has 0 aliphatic heterocycles. The Morgan fingerprint density at radius 1 is 1.28 bits per heavy atom. The Bertz CT molecular complexity index is 297. The molecule has 0 aliphatic rings. The number of nitrogens with zero attached hydrogens (tertiary/aromatic N) is 1. The zero-order chi connectivity index (χ0) is 13.2. The first kappa shape index (κ1) is 15.1. The fourth-order valence-corrected chi connectivity index (χ4v) is 2.24. The van der Waals surface area contributed by atoms with E-state index in [1.807, 2.05) is 18.3 Å². The fraction of sp³-hybridized carbons (Fsp3) is 0.667. The van der Waals surface area contributed by atoms with Gasteiger partial charge in [0.05, 0.1) is 6.10 Å². The number of nitrogens with one attached hydrogen (secondary N) is 1. The van der Waals surface area contributed by atoms with Gasteiger partial charge in [0, 0.05) is 31.0 Å². The van der Waals surface area contributed by atoms with Gasteiger partial charge < -0.3 is 10.1 Å². The summed E-state index contributed by atoms with van der Waals surface area (Å²) >= 11 is 0. The number of hydrogen-bond acceptors (Lipinski definition) is 3. The van der Waals surface area contributed by atoms with E-state index >= 15 is 0 Å². The molecule has 0 fully saturated rings. The van der Waals surface area contributed by atoms with Crippen LogP contribution < -0.4 is 5.32 Å². The molecule has 102 valence electrons. The lowest BCUT2D eigenvalue weighted by molar-refractivity contribution is 0.0283. The molecular weight excluding hydrogens is 224 g/mol. The lowest BCUT2D eigenvalue weighted by atomic mass is 10.0. The van der Waals surface area contributed by atoms with E-state index in [0.717, 1.165) is 38.1 Å². The smallest absolute Gasteiger partial charge is 0.0731 e. The monoisotopic (exact) mass is 250 g/mol. The Balaban J connectivity index is 2.66. The van der Waals surface area contributed by atoms with Gasteiger partial charge in [-0.2, -0.15) is 0 Å². The summed E-state index contributed by atoms with van der Waals surface area (Å²) in [5.41, 5.74) is 1.13. The van der Waals surface area contributed by atoms with Crippen LogP contribution in [-0.2, 0) is 11.2 Å². The lowest BCUT2D eigenvalue weighted by Gasteiger charge is -2.27. The third-order valence-electron chi connectivity index (χ3n) is 3.02. The minimum absolute atomic E-state index is 0.280. The number of rotatable bonds is 9. The zero-order valence-corrected chi connectivity index (χ0v) is 11.9. The molecular formula is C15H26N2O. The van der Waals surface area contributed by atoms with Gasteiger partial charge in [0.25, 0.3) is 0 Å². The van der Waals surface area contributed by atoms with Gasteiger partial charge in [-0.05, 0) is 32.0 Å². The summed E-state index contributed by atoms with van der Waals surface area (Å²) in [6, 6.07) is 6.43. The van der Waals surface area contributed by atoms with Gasteiger partial charge in [-0.25, -0.2) is 0 Å². The van der Waals surface area contributed by atoms with Gasteiger partial charge in [0.1, 0.15) is 0 Å². The van der Waals surface area contributed by atoms with E-state index in [1.54, 1.807) is 0 Å². The van der Waals surface area contributed by atoms with Crippen LogP contribution in [0.15, 0.2) is 24.4 Å². The molecule has 0 radical (unpaired) electrons. The molecule has 3 heteroatoms. The minimum atomic E-state index is 0.280. The number of likely N-dealkylation sites (N-methyl/N-ethyl adjacent to an activating group) is 1. The van der Waals surface area contributed by atoms with Crippen LogP contribution in [0.3, 0.4) is 0 Å². The molecule has 0 saturated heterocycles. The second kappa shape index (κ2) is 9.06. The summed E-state index contributed by atoms with van der Waals surface area (Å²) in [7, 11) is 0. The van der Waals surface area contributed by atoms with E-state index in [-0.39, 0.29) is 6.10 Å². The van der Waals surface area contributed by atoms with Crippen LogP contribution in [0.2, 0.25) is 0 Å². The molecule has 2 unspecified atom stereocenters. The largest absolute Gasteiger partial charge is 0.377 e. The zero-order valence-electron chi connectivity index (χ0n) is 11.9. The van der Waals surface area contributed by atoms with E-state index in [4.69, 9.17) is 4.74 Å². The van der Waals surface area contributed by atoms with E-state index in [9.17, 15) is 0 Å². The van der Waals surface area contributed by atoms with Gasteiger partial charge in [0.15, 0.2) is 0 Å². The van der Waals surface area contributed by atoms with E-state index in [1.165, 1.54) is 0 Å². The number of aromatic nitrogens is 1. The summed E-state index contributed by atoms with van der Waals surface area (Å²) in [6.45, 7) is 8.14. The number of pyridine rings is 1. The van der Waals surface area contributed by atoms with Crippen molar-refractivity contribution in [3.8, 4) is 0 Å².